The van der Waals surface area contributed by atoms with E-state index in [1.54, 1.807) is 13.8 Å². The number of anilines is 2. The number of nitrogens with zero attached hydrogens (tertiary/aromatic N) is 9. The van der Waals surface area contributed by atoms with Crippen LogP contribution in [-0.4, -0.2) is 51.2 Å². The lowest BCUT2D eigenvalue weighted by Gasteiger charge is -2.01. The molecule has 0 unspecified atom stereocenters. The number of nitrogens with one attached hydrogen (secondary N) is 2. The number of hydrogen-bond donors (Lipinski definition) is 3. The molecule has 0 fully saturated rings. The van der Waals surface area contributed by atoms with Gasteiger partial charge in [-0.15, -0.1) is 15.3 Å². The van der Waals surface area contributed by atoms with Gasteiger partial charge in [0.2, 0.25) is 11.6 Å². The van der Waals surface area contributed by atoms with Crippen LogP contribution in [0, 0.1) is 6.92 Å². The summed E-state index contributed by atoms with van der Waals surface area (Å²) in [7, 11) is 0. The van der Waals surface area contributed by atoms with Crippen molar-refractivity contribution in [3.63, 3.8) is 0 Å². The van der Waals surface area contributed by atoms with E-state index in [2.05, 4.69) is 55.9 Å². The maximum absolute atomic E-state index is 5.71. The summed E-state index contributed by atoms with van der Waals surface area (Å²) in [5, 5.41) is 29.0. The first-order valence-corrected chi connectivity index (χ1v) is 8.54. The zero-order valence-corrected chi connectivity index (χ0v) is 15.3. The standard InChI is InChI=1S/C16H14N12O/c1-7(11-8(2)28(27-22-11)15-13(17)25-29-26-15)20-23-16-19-14-12(21-24-16)9-5-3-4-6-10(9)18-14/h3-6H,1-2H3,(H2,17,25)(H2,18,19,23,24)/b20-7-. The number of H-pyrrole nitrogens is 1. The minimum absolute atomic E-state index is 0.114. The number of benzene rings is 1. The number of fused-ring (bicyclic) bond motifs is 3. The van der Waals surface area contributed by atoms with E-state index in [4.69, 9.17) is 5.73 Å². The first kappa shape index (κ1) is 16.7. The predicted molar refractivity (Wildman–Crippen MR) is 103 cm³/mol. The van der Waals surface area contributed by atoms with Gasteiger partial charge in [-0.2, -0.15) is 14.8 Å². The molecule has 144 valence electrons. The Kier molecular flexibility index (Phi) is 3.65. The number of para-hydroxylation sites is 1. The first-order chi connectivity index (χ1) is 14.1. The van der Waals surface area contributed by atoms with Crippen molar-refractivity contribution in [3.05, 3.63) is 35.7 Å². The summed E-state index contributed by atoms with van der Waals surface area (Å²) in [6.45, 7) is 3.57. The first-order valence-electron chi connectivity index (χ1n) is 8.54. The maximum atomic E-state index is 5.71. The average molecular weight is 390 g/mol. The summed E-state index contributed by atoms with van der Waals surface area (Å²) in [5.74, 6) is 0.626. The summed E-state index contributed by atoms with van der Waals surface area (Å²) < 4.78 is 6.03. The van der Waals surface area contributed by atoms with Crippen molar-refractivity contribution in [1.82, 2.24) is 45.5 Å². The van der Waals surface area contributed by atoms with Gasteiger partial charge in [-0.25, -0.2) is 10.1 Å². The molecule has 0 aliphatic heterocycles. The van der Waals surface area contributed by atoms with E-state index in [0.717, 1.165) is 10.9 Å². The Morgan fingerprint density at radius 3 is 2.90 bits per heavy atom. The van der Waals surface area contributed by atoms with Crippen LogP contribution in [0.4, 0.5) is 11.8 Å². The SMILES string of the molecule is C/C(=N/Nc1nnc2c(n1)[nH]c1ccccc12)c1nnn(-c2nonc2N)c1C. The molecule has 29 heavy (non-hydrogen) atoms. The molecule has 0 saturated carbocycles. The van der Waals surface area contributed by atoms with Crippen LogP contribution < -0.4 is 11.2 Å². The van der Waals surface area contributed by atoms with Crippen LogP contribution in [0.2, 0.25) is 0 Å². The zero-order chi connectivity index (χ0) is 20.0. The number of nitrogens with two attached hydrogens (primary N) is 1. The molecule has 13 nitrogen and oxygen atoms in total. The van der Waals surface area contributed by atoms with Crippen molar-refractivity contribution in [3.8, 4) is 5.82 Å². The van der Waals surface area contributed by atoms with Crippen molar-refractivity contribution in [2.75, 3.05) is 11.2 Å². The third-order valence-corrected chi connectivity index (χ3v) is 4.38. The van der Waals surface area contributed by atoms with Crippen LogP contribution in [0.1, 0.15) is 18.3 Å². The Morgan fingerprint density at radius 1 is 1.21 bits per heavy atom. The van der Waals surface area contributed by atoms with Gasteiger partial charge in [0.05, 0.1) is 11.4 Å². The fraction of sp³-hybridized carbons (Fsp3) is 0.125. The maximum Gasteiger partial charge on any atom is 0.265 e. The summed E-state index contributed by atoms with van der Waals surface area (Å²) in [6, 6.07) is 7.80. The third-order valence-electron chi connectivity index (χ3n) is 4.38. The molecule has 0 bridgehead atoms. The predicted octanol–water partition coefficient (Wildman–Crippen LogP) is 1.20. The fourth-order valence-electron chi connectivity index (χ4n) is 2.96. The normalized spacial score (nSPS) is 12.1. The van der Waals surface area contributed by atoms with E-state index >= 15 is 0 Å². The number of aromatic amines is 1. The van der Waals surface area contributed by atoms with Crippen molar-refractivity contribution < 1.29 is 4.63 Å². The molecular weight excluding hydrogens is 376 g/mol. The van der Waals surface area contributed by atoms with Gasteiger partial charge in [0.1, 0.15) is 11.2 Å². The van der Waals surface area contributed by atoms with Gasteiger partial charge < -0.3 is 10.7 Å². The van der Waals surface area contributed by atoms with E-state index in [1.165, 1.54) is 4.68 Å². The quantitative estimate of drug-likeness (QED) is 0.298. The highest BCUT2D eigenvalue weighted by Crippen LogP contribution is 2.22. The third kappa shape index (κ3) is 2.72. The molecule has 0 amide bonds. The Labute approximate surface area is 162 Å². The fourth-order valence-corrected chi connectivity index (χ4v) is 2.96. The molecule has 0 aliphatic carbocycles. The second-order valence-electron chi connectivity index (χ2n) is 6.22. The van der Waals surface area contributed by atoms with Gasteiger partial charge in [0.15, 0.2) is 5.65 Å². The molecule has 5 aromatic rings. The van der Waals surface area contributed by atoms with Gasteiger partial charge in [-0.3, -0.25) is 0 Å². The molecule has 0 aliphatic rings. The second-order valence-corrected chi connectivity index (χ2v) is 6.22. The molecule has 5 rings (SSSR count). The molecule has 0 radical (unpaired) electrons. The number of rotatable bonds is 4. The largest absolute Gasteiger partial charge is 0.378 e. The molecule has 4 aromatic heterocycles. The van der Waals surface area contributed by atoms with E-state index in [1.807, 2.05) is 24.3 Å². The van der Waals surface area contributed by atoms with Crippen molar-refractivity contribution in [1.29, 1.82) is 0 Å². The Hall–Kier alpha value is -4.42. The highest BCUT2D eigenvalue weighted by Gasteiger charge is 2.18. The lowest BCUT2D eigenvalue weighted by molar-refractivity contribution is 0.306. The number of hydrazone groups is 1. The molecule has 0 spiro atoms. The number of nitrogen functional groups attached to an aromatic ring is 1. The van der Waals surface area contributed by atoms with Crippen LogP contribution in [-0.2, 0) is 0 Å². The van der Waals surface area contributed by atoms with E-state index in [0.29, 0.717) is 28.3 Å². The van der Waals surface area contributed by atoms with E-state index in [9.17, 15) is 0 Å². The van der Waals surface area contributed by atoms with Crippen LogP contribution in [0.5, 0.6) is 0 Å². The summed E-state index contributed by atoms with van der Waals surface area (Å²) in [5.41, 5.74) is 12.5. The van der Waals surface area contributed by atoms with E-state index in [-0.39, 0.29) is 17.6 Å². The van der Waals surface area contributed by atoms with Gasteiger partial charge in [0, 0.05) is 10.9 Å². The summed E-state index contributed by atoms with van der Waals surface area (Å²) in [6.07, 6.45) is 0. The lowest BCUT2D eigenvalue weighted by atomic mass is 10.2. The highest BCUT2D eigenvalue weighted by atomic mass is 16.6. The monoisotopic (exact) mass is 390 g/mol. The van der Waals surface area contributed by atoms with Crippen molar-refractivity contribution in [2.24, 2.45) is 5.10 Å². The van der Waals surface area contributed by atoms with Crippen LogP contribution in [0.25, 0.3) is 27.9 Å². The number of hydrogen-bond acceptors (Lipinski definition) is 11. The summed E-state index contributed by atoms with van der Waals surface area (Å²) >= 11 is 0. The van der Waals surface area contributed by atoms with Gasteiger partial charge in [-0.05, 0) is 30.2 Å². The average Bonchev–Trinajstić information content (AvgIpc) is 3.42. The smallest absolute Gasteiger partial charge is 0.265 e. The van der Waals surface area contributed by atoms with Crippen LogP contribution in [0.3, 0.4) is 0 Å². The van der Waals surface area contributed by atoms with Crippen LogP contribution in [0.15, 0.2) is 34.0 Å². The van der Waals surface area contributed by atoms with Crippen molar-refractivity contribution in [2.45, 2.75) is 13.8 Å². The van der Waals surface area contributed by atoms with Gasteiger partial charge in [0.25, 0.3) is 5.95 Å². The van der Waals surface area contributed by atoms with Crippen molar-refractivity contribution >= 4 is 39.5 Å². The Bertz CT molecular complexity index is 1380. The van der Waals surface area contributed by atoms with E-state index < -0.39 is 0 Å². The zero-order valence-electron chi connectivity index (χ0n) is 15.3. The molecule has 1 aromatic carbocycles. The minimum Gasteiger partial charge on any atom is -0.378 e. The minimum atomic E-state index is 0.114. The molecular formula is C16H14N12O. The second kappa shape index (κ2) is 6.33. The number of aromatic nitrogens is 9. The molecule has 13 heteroatoms. The van der Waals surface area contributed by atoms with Gasteiger partial charge >= 0.3 is 0 Å². The molecule has 0 atom stereocenters. The lowest BCUT2D eigenvalue weighted by Crippen LogP contribution is -2.06. The van der Waals surface area contributed by atoms with Gasteiger partial charge in [-0.1, -0.05) is 23.4 Å². The Morgan fingerprint density at radius 2 is 2.07 bits per heavy atom. The molecule has 0 saturated heterocycles. The van der Waals surface area contributed by atoms with Crippen LogP contribution >= 0.6 is 0 Å². The summed E-state index contributed by atoms with van der Waals surface area (Å²) in [4.78, 5) is 7.63. The highest BCUT2D eigenvalue weighted by molar-refractivity contribution is 6.03. The Balaban J connectivity index is 1.43. The molecule has 4 N–H and O–H groups in total. The topological polar surface area (TPSA) is 175 Å². The molecule has 4 heterocycles.